The summed E-state index contributed by atoms with van der Waals surface area (Å²) >= 11 is 0. The number of benzene rings is 2. The molecule has 0 radical (unpaired) electrons. The molecule has 2 aromatic carbocycles. The third-order valence-corrected chi connectivity index (χ3v) is 9.84. The molecule has 3 N–H and O–H groups in total. The first-order chi connectivity index (χ1) is 21.9. The number of amides is 3. The van der Waals surface area contributed by atoms with Crippen LogP contribution in [0.4, 0.5) is 4.79 Å². The van der Waals surface area contributed by atoms with Gasteiger partial charge in [0.15, 0.2) is 0 Å². The summed E-state index contributed by atoms with van der Waals surface area (Å²) in [5.74, 6) is -2.37. The predicted octanol–water partition coefficient (Wildman–Crippen LogP) is 5.66. The lowest BCUT2D eigenvalue weighted by Crippen LogP contribution is -2.61. The normalized spacial score (nSPS) is 21.4. The van der Waals surface area contributed by atoms with Crippen LogP contribution in [0.1, 0.15) is 85.1 Å². The van der Waals surface area contributed by atoms with Crippen LogP contribution in [0.15, 0.2) is 42.5 Å². The number of likely N-dealkylation sites (tertiary alicyclic amines) is 1. The summed E-state index contributed by atoms with van der Waals surface area (Å²) in [7, 11) is 0. The minimum atomic E-state index is -1.52. The molecule has 3 amide bonds. The van der Waals surface area contributed by atoms with Gasteiger partial charge in [0.05, 0.1) is 19.3 Å². The lowest BCUT2D eigenvalue weighted by atomic mass is 9.83. The molecule has 10 nitrogen and oxygen atoms in total. The number of rotatable bonds is 13. The van der Waals surface area contributed by atoms with Crippen molar-refractivity contribution in [3.05, 3.63) is 48.0 Å². The highest BCUT2D eigenvalue weighted by Gasteiger charge is 2.48. The van der Waals surface area contributed by atoms with Crippen molar-refractivity contribution >= 4 is 34.6 Å². The summed E-state index contributed by atoms with van der Waals surface area (Å²) in [6.45, 7) is 9.69. The molecule has 5 atom stereocenters. The number of carbonyl (C=O) groups is 4. The number of carbonyl (C=O) groups excluding carboxylic acids is 3. The van der Waals surface area contributed by atoms with E-state index < -0.39 is 41.7 Å². The van der Waals surface area contributed by atoms with Crippen molar-refractivity contribution in [1.82, 2.24) is 15.5 Å². The van der Waals surface area contributed by atoms with Crippen LogP contribution in [0.5, 0.6) is 0 Å². The number of ether oxygens (including phenoxy) is 2. The monoisotopic (exact) mass is 637 g/mol. The summed E-state index contributed by atoms with van der Waals surface area (Å²) < 4.78 is 11.8. The Morgan fingerprint density at radius 3 is 2.39 bits per heavy atom. The van der Waals surface area contributed by atoms with Crippen LogP contribution in [0.2, 0.25) is 0 Å². The number of fused-ring (bicyclic) bond motifs is 1. The van der Waals surface area contributed by atoms with E-state index in [0.29, 0.717) is 6.42 Å². The highest BCUT2D eigenvalue weighted by Crippen LogP contribution is 2.31. The first kappa shape index (κ1) is 35.2. The number of aliphatic carboxylic acids is 1. The van der Waals surface area contributed by atoms with Crippen molar-refractivity contribution in [3.8, 4) is 0 Å². The van der Waals surface area contributed by atoms with Gasteiger partial charge >= 0.3 is 12.1 Å². The molecular formula is C36H51N3O7. The molecule has 0 bridgehead atoms. The molecule has 2 aliphatic rings. The molecule has 1 saturated carbocycles. The van der Waals surface area contributed by atoms with Gasteiger partial charge in [-0.05, 0) is 53.9 Å². The number of hydrogen-bond donors (Lipinski definition) is 3. The lowest BCUT2D eigenvalue weighted by molar-refractivity contribution is -0.151. The smallest absolute Gasteiger partial charge is 0.407 e. The highest BCUT2D eigenvalue weighted by molar-refractivity contribution is 5.94. The van der Waals surface area contributed by atoms with Gasteiger partial charge in [0.2, 0.25) is 11.8 Å². The number of carboxylic acids is 1. The van der Waals surface area contributed by atoms with Crippen molar-refractivity contribution in [3.63, 3.8) is 0 Å². The van der Waals surface area contributed by atoms with Crippen LogP contribution in [-0.4, -0.2) is 70.8 Å². The third-order valence-electron chi connectivity index (χ3n) is 9.84. The first-order valence-corrected chi connectivity index (χ1v) is 16.8. The van der Waals surface area contributed by atoms with Crippen LogP contribution >= 0.6 is 0 Å². The van der Waals surface area contributed by atoms with Gasteiger partial charge in [-0.2, -0.15) is 0 Å². The Kier molecular flexibility index (Phi) is 12.1. The van der Waals surface area contributed by atoms with Gasteiger partial charge in [0.25, 0.3) is 0 Å². The molecule has 4 rings (SSSR count). The van der Waals surface area contributed by atoms with Gasteiger partial charge in [-0.15, -0.1) is 0 Å². The van der Waals surface area contributed by atoms with E-state index in [1.54, 1.807) is 6.92 Å². The lowest BCUT2D eigenvalue weighted by Gasteiger charge is -2.36. The Labute approximate surface area is 272 Å². The second-order valence-corrected chi connectivity index (χ2v) is 13.6. The molecule has 1 heterocycles. The molecule has 10 heteroatoms. The van der Waals surface area contributed by atoms with Crippen LogP contribution in [0.3, 0.4) is 0 Å². The summed E-state index contributed by atoms with van der Waals surface area (Å²) in [5, 5.41) is 17.9. The molecule has 2 aromatic rings. The fourth-order valence-electron chi connectivity index (χ4n) is 6.61. The van der Waals surface area contributed by atoms with Crippen molar-refractivity contribution < 1.29 is 33.8 Å². The number of nitrogens with one attached hydrogen (secondary N) is 2. The molecule has 1 aliphatic heterocycles. The van der Waals surface area contributed by atoms with E-state index in [1.807, 2.05) is 63.2 Å². The maximum absolute atomic E-state index is 14.4. The highest BCUT2D eigenvalue weighted by atomic mass is 16.5. The van der Waals surface area contributed by atoms with Crippen molar-refractivity contribution in [2.45, 2.75) is 110 Å². The van der Waals surface area contributed by atoms with Crippen LogP contribution in [0.25, 0.3) is 10.8 Å². The van der Waals surface area contributed by atoms with Gasteiger partial charge in [-0.1, -0.05) is 95.8 Å². The Hall–Kier alpha value is -3.66. The Bertz CT molecular complexity index is 1370. The van der Waals surface area contributed by atoms with Crippen molar-refractivity contribution in [2.24, 2.45) is 17.8 Å². The standard InChI is InChI=1S/C36H51N3O7/c1-6-24(4)36(5,34(42)43)38-32(40)30-19-28(45-22-27-17-12-16-25-13-10-11-18-29(25)27)20-39(30)33(41)31(26-14-8-7-9-15-26)37-35(44)46-21-23(2)3/h10-13,16-18,23-24,26,28,30-31H,6-9,14-15,19-22H2,1-5H3,(H,37,44)(H,38,40)(H,42,43)/t24-,28-,30+,31+,36?/m1/s1. The minimum absolute atomic E-state index is 0.100. The fraction of sp³-hybridized carbons (Fsp3) is 0.611. The molecule has 0 spiro atoms. The maximum atomic E-state index is 14.4. The Balaban J connectivity index is 1.60. The number of nitrogens with zero attached hydrogens (tertiary/aromatic N) is 1. The van der Waals surface area contributed by atoms with E-state index in [4.69, 9.17) is 9.47 Å². The fourth-order valence-corrected chi connectivity index (χ4v) is 6.61. The van der Waals surface area contributed by atoms with E-state index in [2.05, 4.69) is 10.6 Å². The van der Waals surface area contributed by atoms with Gasteiger partial charge in [0.1, 0.15) is 17.6 Å². The molecule has 1 unspecified atom stereocenters. The average Bonchev–Trinajstić information content (AvgIpc) is 3.49. The van der Waals surface area contributed by atoms with Gasteiger partial charge in [-0.25, -0.2) is 9.59 Å². The number of hydrogen-bond acceptors (Lipinski definition) is 6. The predicted molar refractivity (Wildman–Crippen MR) is 176 cm³/mol. The van der Waals surface area contributed by atoms with E-state index in [1.165, 1.54) is 11.8 Å². The Morgan fingerprint density at radius 2 is 1.72 bits per heavy atom. The number of carboxylic acid groups (broad SMARTS) is 1. The molecule has 1 aliphatic carbocycles. The molecule has 252 valence electrons. The van der Waals surface area contributed by atoms with E-state index in [0.717, 1.165) is 48.4 Å². The summed E-state index contributed by atoms with van der Waals surface area (Å²) in [6, 6.07) is 12.2. The maximum Gasteiger partial charge on any atom is 0.407 e. The number of alkyl carbamates (subject to hydrolysis) is 1. The van der Waals surface area contributed by atoms with Gasteiger partial charge < -0.3 is 30.1 Å². The molecule has 0 aromatic heterocycles. The zero-order chi connectivity index (χ0) is 33.4. The SMILES string of the molecule is CC[C@@H](C)C(C)(NC(=O)[C@@H]1C[C@@H](OCc2cccc3ccccc23)CN1C(=O)[C@@H](NC(=O)OCC(C)C)C1CCCCC1)C(=O)O. The summed E-state index contributed by atoms with van der Waals surface area (Å²) in [4.78, 5) is 55.1. The largest absolute Gasteiger partial charge is 0.480 e. The Morgan fingerprint density at radius 1 is 1.02 bits per heavy atom. The summed E-state index contributed by atoms with van der Waals surface area (Å²) in [6.07, 6.45) is 4.13. The quantitative estimate of drug-likeness (QED) is 0.258. The summed E-state index contributed by atoms with van der Waals surface area (Å²) in [5.41, 5.74) is -0.529. The first-order valence-electron chi connectivity index (χ1n) is 16.8. The third kappa shape index (κ3) is 8.37. The zero-order valence-corrected chi connectivity index (χ0v) is 27.9. The second kappa shape index (κ2) is 15.8. The van der Waals surface area contributed by atoms with Gasteiger partial charge in [0, 0.05) is 13.0 Å². The van der Waals surface area contributed by atoms with E-state index >= 15 is 0 Å². The molecule has 1 saturated heterocycles. The van der Waals surface area contributed by atoms with E-state index in [9.17, 15) is 24.3 Å². The average molecular weight is 638 g/mol. The zero-order valence-electron chi connectivity index (χ0n) is 27.9. The molecule has 46 heavy (non-hydrogen) atoms. The van der Waals surface area contributed by atoms with E-state index in [-0.39, 0.29) is 49.8 Å². The molecule has 2 fully saturated rings. The molecular weight excluding hydrogens is 586 g/mol. The minimum Gasteiger partial charge on any atom is -0.480 e. The van der Waals surface area contributed by atoms with Crippen molar-refractivity contribution in [1.29, 1.82) is 0 Å². The van der Waals surface area contributed by atoms with Crippen molar-refractivity contribution in [2.75, 3.05) is 13.2 Å². The van der Waals surface area contributed by atoms with Crippen LogP contribution in [0, 0.1) is 17.8 Å². The topological polar surface area (TPSA) is 134 Å². The van der Waals surface area contributed by atoms with Gasteiger partial charge in [-0.3, -0.25) is 9.59 Å². The van der Waals surface area contributed by atoms with Crippen LogP contribution < -0.4 is 10.6 Å². The second-order valence-electron chi connectivity index (χ2n) is 13.6. The van der Waals surface area contributed by atoms with Crippen LogP contribution in [-0.2, 0) is 30.5 Å².